The minimum Gasteiger partial charge on any atom is -0.348 e. The van der Waals surface area contributed by atoms with Crippen molar-refractivity contribution in [2.45, 2.75) is 25.7 Å². The fourth-order valence-electron chi connectivity index (χ4n) is 1.81. The third-order valence-corrected chi connectivity index (χ3v) is 2.64. The molecule has 0 bridgehead atoms. The lowest BCUT2D eigenvalue weighted by atomic mass is 10.3. The average molecular weight is 268 g/mol. The number of carbonyl (C=O) groups excluding carboxylic acids is 1. The van der Waals surface area contributed by atoms with Gasteiger partial charge in [-0.1, -0.05) is 6.07 Å². The fourth-order valence-corrected chi connectivity index (χ4v) is 1.81. The molecule has 0 aromatic heterocycles. The molecule has 1 aromatic carbocycles. The van der Waals surface area contributed by atoms with Gasteiger partial charge in [0.2, 0.25) is 0 Å². The van der Waals surface area contributed by atoms with Crippen molar-refractivity contribution in [2.75, 3.05) is 18.5 Å². The molecule has 1 saturated heterocycles. The van der Waals surface area contributed by atoms with E-state index in [1.165, 1.54) is 18.2 Å². The van der Waals surface area contributed by atoms with Gasteiger partial charge < -0.3 is 20.1 Å². The number of rotatable bonds is 3. The number of carbonyl (C=O) groups is 1. The zero-order chi connectivity index (χ0) is 13.9. The summed E-state index contributed by atoms with van der Waals surface area (Å²) in [4.78, 5) is 11.6. The van der Waals surface area contributed by atoms with Crippen molar-refractivity contribution in [1.82, 2.24) is 5.32 Å². The third kappa shape index (κ3) is 4.18. The first-order chi connectivity index (χ1) is 8.94. The number of nitrogens with one attached hydrogen (secondary N) is 2. The minimum absolute atomic E-state index is 0.173. The van der Waals surface area contributed by atoms with Gasteiger partial charge in [0.1, 0.15) is 11.9 Å². The first kappa shape index (κ1) is 13.8. The molecule has 0 radical (unpaired) electrons. The summed E-state index contributed by atoms with van der Waals surface area (Å²) in [7, 11) is 0. The van der Waals surface area contributed by atoms with Crippen molar-refractivity contribution < 1.29 is 18.7 Å². The van der Waals surface area contributed by atoms with Crippen LogP contribution in [0.5, 0.6) is 0 Å². The molecule has 2 amide bonds. The highest BCUT2D eigenvalue weighted by Crippen LogP contribution is 2.21. The molecule has 19 heavy (non-hydrogen) atoms. The number of anilines is 1. The summed E-state index contributed by atoms with van der Waals surface area (Å²) >= 11 is 0. The smallest absolute Gasteiger partial charge is 0.319 e. The molecule has 1 atom stereocenters. The number of hydrogen-bond acceptors (Lipinski definition) is 3. The summed E-state index contributed by atoms with van der Waals surface area (Å²) in [6, 6.07) is 5.30. The predicted molar refractivity (Wildman–Crippen MR) is 68.3 cm³/mol. The number of benzene rings is 1. The van der Waals surface area contributed by atoms with E-state index in [0.29, 0.717) is 18.8 Å². The van der Waals surface area contributed by atoms with Crippen molar-refractivity contribution in [3.05, 3.63) is 30.1 Å². The zero-order valence-corrected chi connectivity index (χ0v) is 10.9. The third-order valence-electron chi connectivity index (χ3n) is 2.64. The van der Waals surface area contributed by atoms with Gasteiger partial charge in [-0.25, -0.2) is 9.18 Å². The number of urea groups is 1. The van der Waals surface area contributed by atoms with Crippen LogP contribution in [0.15, 0.2) is 24.3 Å². The Kier molecular flexibility index (Phi) is 4.01. The van der Waals surface area contributed by atoms with E-state index in [-0.39, 0.29) is 6.10 Å². The highest BCUT2D eigenvalue weighted by Gasteiger charge is 2.32. The van der Waals surface area contributed by atoms with Crippen LogP contribution in [0, 0.1) is 5.82 Å². The Morgan fingerprint density at radius 2 is 2.32 bits per heavy atom. The SMILES string of the molecule is CC1(C)OCC(CNC(=O)Nc2cccc(F)c2)O1. The number of amides is 2. The Morgan fingerprint density at radius 1 is 1.53 bits per heavy atom. The monoisotopic (exact) mass is 268 g/mol. The zero-order valence-electron chi connectivity index (χ0n) is 10.9. The largest absolute Gasteiger partial charge is 0.348 e. The normalized spacial score (nSPS) is 21.1. The van der Waals surface area contributed by atoms with Gasteiger partial charge in [-0.05, 0) is 32.0 Å². The molecule has 2 rings (SSSR count). The van der Waals surface area contributed by atoms with Crippen molar-refractivity contribution in [1.29, 1.82) is 0 Å². The van der Waals surface area contributed by atoms with Crippen molar-refractivity contribution >= 4 is 11.7 Å². The lowest BCUT2D eigenvalue weighted by molar-refractivity contribution is -0.137. The van der Waals surface area contributed by atoms with Gasteiger partial charge >= 0.3 is 6.03 Å². The maximum absolute atomic E-state index is 12.9. The summed E-state index contributed by atoms with van der Waals surface area (Å²) in [6.45, 7) is 4.41. The van der Waals surface area contributed by atoms with Crippen molar-refractivity contribution in [3.63, 3.8) is 0 Å². The molecule has 0 saturated carbocycles. The van der Waals surface area contributed by atoms with Gasteiger partial charge in [0.15, 0.2) is 5.79 Å². The molecular formula is C13H17FN2O3. The van der Waals surface area contributed by atoms with E-state index in [9.17, 15) is 9.18 Å². The highest BCUT2D eigenvalue weighted by molar-refractivity contribution is 5.89. The lowest BCUT2D eigenvalue weighted by Crippen LogP contribution is -2.37. The van der Waals surface area contributed by atoms with E-state index in [2.05, 4.69) is 10.6 Å². The molecule has 104 valence electrons. The van der Waals surface area contributed by atoms with E-state index in [0.717, 1.165) is 0 Å². The van der Waals surface area contributed by atoms with Crippen LogP contribution >= 0.6 is 0 Å². The fraction of sp³-hybridized carbons (Fsp3) is 0.462. The Balaban J connectivity index is 1.76. The van der Waals surface area contributed by atoms with E-state index in [1.807, 2.05) is 13.8 Å². The average Bonchev–Trinajstić information content (AvgIpc) is 2.66. The molecule has 1 unspecified atom stereocenters. The van der Waals surface area contributed by atoms with Crippen molar-refractivity contribution in [2.24, 2.45) is 0 Å². The van der Waals surface area contributed by atoms with Crippen LogP contribution < -0.4 is 10.6 Å². The van der Waals surface area contributed by atoms with Gasteiger partial charge in [-0.2, -0.15) is 0 Å². The molecule has 1 aromatic rings. The van der Waals surface area contributed by atoms with Gasteiger partial charge in [0.05, 0.1) is 6.61 Å². The molecule has 1 heterocycles. The summed E-state index contributed by atoms with van der Waals surface area (Å²) in [5.41, 5.74) is 0.404. The molecule has 1 aliphatic heterocycles. The summed E-state index contributed by atoms with van der Waals surface area (Å²) in [6.07, 6.45) is -0.173. The minimum atomic E-state index is -0.606. The van der Waals surface area contributed by atoms with Crippen LogP contribution in [0.1, 0.15) is 13.8 Å². The molecular weight excluding hydrogens is 251 g/mol. The maximum Gasteiger partial charge on any atom is 0.319 e. The Morgan fingerprint density at radius 3 is 2.95 bits per heavy atom. The van der Waals surface area contributed by atoms with Crippen LogP contribution in [-0.2, 0) is 9.47 Å². The van der Waals surface area contributed by atoms with Gasteiger partial charge in [0.25, 0.3) is 0 Å². The van der Waals surface area contributed by atoms with Crippen LogP contribution in [0.2, 0.25) is 0 Å². The summed E-state index contributed by atoms with van der Waals surface area (Å²) < 4.78 is 23.8. The number of ether oxygens (including phenoxy) is 2. The quantitative estimate of drug-likeness (QED) is 0.882. The molecule has 0 spiro atoms. The second-order valence-corrected chi connectivity index (χ2v) is 4.80. The van der Waals surface area contributed by atoms with Gasteiger partial charge in [-0.3, -0.25) is 0 Å². The first-order valence-corrected chi connectivity index (χ1v) is 6.07. The Hall–Kier alpha value is -1.66. The van der Waals surface area contributed by atoms with Crippen molar-refractivity contribution in [3.8, 4) is 0 Å². The lowest BCUT2D eigenvalue weighted by Gasteiger charge is -2.17. The first-order valence-electron chi connectivity index (χ1n) is 6.07. The van der Waals surface area contributed by atoms with E-state index in [4.69, 9.17) is 9.47 Å². The molecule has 5 nitrogen and oxygen atoms in total. The standard InChI is InChI=1S/C13H17FN2O3/c1-13(2)18-8-11(19-13)7-15-12(17)16-10-5-3-4-9(14)6-10/h3-6,11H,7-8H2,1-2H3,(H2,15,16,17). The molecule has 1 aliphatic rings. The molecule has 2 N–H and O–H groups in total. The van der Waals surface area contributed by atoms with E-state index < -0.39 is 17.6 Å². The molecule has 6 heteroatoms. The predicted octanol–water partition coefficient (Wildman–Crippen LogP) is 2.10. The molecule has 0 aliphatic carbocycles. The second kappa shape index (κ2) is 5.54. The summed E-state index contributed by atoms with van der Waals surface area (Å²) in [5.74, 6) is -1.00. The van der Waals surface area contributed by atoms with Crippen LogP contribution in [0.25, 0.3) is 0 Å². The molecule has 1 fully saturated rings. The van der Waals surface area contributed by atoms with Crippen LogP contribution in [-0.4, -0.2) is 31.1 Å². The Bertz CT molecular complexity index is 465. The van der Waals surface area contributed by atoms with E-state index >= 15 is 0 Å². The van der Waals surface area contributed by atoms with Crippen LogP contribution in [0.3, 0.4) is 0 Å². The Labute approximate surface area is 111 Å². The van der Waals surface area contributed by atoms with E-state index in [1.54, 1.807) is 6.07 Å². The van der Waals surface area contributed by atoms with Gasteiger partial charge in [0, 0.05) is 12.2 Å². The topological polar surface area (TPSA) is 59.6 Å². The second-order valence-electron chi connectivity index (χ2n) is 4.80. The number of halogens is 1. The summed E-state index contributed by atoms with van der Waals surface area (Å²) in [5, 5.41) is 5.19. The highest BCUT2D eigenvalue weighted by atomic mass is 19.1. The van der Waals surface area contributed by atoms with Crippen LogP contribution in [0.4, 0.5) is 14.9 Å². The van der Waals surface area contributed by atoms with Gasteiger partial charge in [-0.15, -0.1) is 0 Å². The number of hydrogen-bond donors (Lipinski definition) is 2. The maximum atomic E-state index is 12.9.